The number of rotatable bonds is 6. The van der Waals surface area contributed by atoms with E-state index in [0.717, 1.165) is 17.7 Å². The number of aromatic nitrogens is 3. The number of nitrogens with one attached hydrogen (secondary N) is 1. The molecule has 8 heteroatoms. The highest BCUT2D eigenvalue weighted by molar-refractivity contribution is 5.94. The number of pyridine rings is 1. The molecule has 0 saturated carbocycles. The lowest BCUT2D eigenvalue weighted by molar-refractivity contribution is -0.119. The Bertz CT molecular complexity index is 1040. The first-order chi connectivity index (χ1) is 14.6. The molecule has 3 heterocycles. The lowest BCUT2D eigenvalue weighted by Gasteiger charge is -2.25. The van der Waals surface area contributed by atoms with E-state index in [1.807, 2.05) is 30.3 Å². The Morgan fingerprint density at radius 3 is 2.67 bits per heavy atom. The fraction of sp³-hybridized carbons (Fsp3) is 0.227. The molecule has 0 unspecified atom stereocenters. The van der Waals surface area contributed by atoms with Crippen LogP contribution in [-0.4, -0.2) is 44.3 Å². The first-order valence-electron chi connectivity index (χ1n) is 9.75. The van der Waals surface area contributed by atoms with Crippen molar-refractivity contribution in [2.75, 3.05) is 12.3 Å². The predicted molar refractivity (Wildman–Crippen MR) is 112 cm³/mol. The van der Waals surface area contributed by atoms with Gasteiger partial charge in [0.15, 0.2) is 0 Å². The lowest BCUT2D eigenvalue weighted by Crippen LogP contribution is -2.41. The SMILES string of the molecule is Nc1cncc(-c2ccc(C(=O)N(Cc3ccccn3)C[C@@H]3CCC(=O)N3)cc2)n1. The summed E-state index contributed by atoms with van der Waals surface area (Å²) >= 11 is 0. The highest BCUT2D eigenvalue weighted by Gasteiger charge is 2.26. The molecule has 1 fully saturated rings. The van der Waals surface area contributed by atoms with E-state index < -0.39 is 0 Å². The van der Waals surface area contributed by atoms with Gasteiger partial charge < -0.3 is 16.0 Å². The molecule has 0 spiro atoms. The van der Waals surface area contributed by atoms with Gasteiger partial charge >= 0.3 is 0 Å². The maximum atomic E-state index is 13.3. The smallest absolute Gasteiger partial charge is 0.254 e. The number of anilines is 1. The Hall–Kier alpha value is -3.81. The molecule has 1 saturated heterocycles. The third-order valence-corrected chi connectivity index (χ3v) is 4.97. The average molecular weight is 402 g/mol. The number of amides is 2. The number of carbonyl (C=O) groups is 2. The number of hydrogen-bond donors (Lipinski definition) is 2. The van der Waals surface area contributed by atoms with Crippen LogP contribution >= 0.6 is 0 Å². The van der Waals surface area contributed by atoms with Gasteiger partial charge in [-0.2, -0.15) is 0 Å². The number of benzene rings is 1. The molecule has 4 rings (SSSR count). The molecule has 2 amide bonds. The fourth-order valence-corrected chi connectivity index (χ4v) is 3.47. The Morgan fingerprint density at radius 2 is 2.00 bits per heavy atom. The van der Waals surface area contributed by atoms with Crippen molar-refractivity contribution in [1.82, 2.24) is 25.2 Å². The van der Waals surface area contributed by atoms with Crippen LogP contribution in [0.5, 0.6) is 0 Å². The van der Waals surface area contributed by atoms with E-state index >= 15 is 0 Å². The topological polar surface area (TPSA) is 114 Å². The maximum Gasteiger partial charge on any atom is 0.254 e. The van der Waals surface area contributed by atoms with Crippen LogP contribution in [0, 0.1) is 0 Å². The third-order valence-electron chi connectivity index (χ3n) is 4.97. The summed E-state index contributed by atoms with van der Waals surface area (Å²) in [6.07, 6.45) is 6.03. The summed E-state index contributed by atoms with van der Waals surface area (Å²) in [5.41, 5.74) is 8.52. The van der Waals surface area contributed by atoms with Gasteiger partial charge in [0.1, 0.15) is 5.82 Å². The van der Waals surface area contributed by atoms with E-state index in [1.165, 1.54) is 6.20 Å². The monoisotopic (exact) mass is 402 g/mol. The van der Waals surface area contributed by atoms with Crippen LogP contribution < -0.4 is 11.1 Å². The molecule has 30 heavy (non-hydrogen) atoms. The zero-order valence-electron chi connectivity index (χ0n) is 16.4. The molecule has 8 nitrogen and oxygen atoms in total. The molecular formula is C22H22N6O2. The average Bonchev–Trinajstić information content (AvgIpc) is 3.18. The van der Waals surface area contributed by atoms with Gasteiger partial charge in [-0.1, -0.05) is 18.2 Å². The molecule has 152 valence electrons. The Balaban J connectivity index is 1.54. The first-order valence-corrected chi connectivity index (χ1v) is 9.75. The van der Waals surface area contributed by atoms with Crippen molar-refractivity contribution < 1.29 is 9.59 Å². The van der Waals surface area contributed by atoms with Gasteiger partial charge in [0.25, 0.3) is 5.91 Å². The van der Waals surface area contributed by atoms with Crippen molar-refractivity contribution in [3.8, 4) is 11.3 Å². The molecule has 2 aromatic heterocycles. The van der Waals surface area contributed by atoms with Crippen molar-refractivity contribution in [3.63, 3.8) is 0 Å². The van der Waals surface area contributed by atoms with Crippen molar-refractivity contribution in [2.24, 2.45) is 0 Å². The minimum atomic E-state index is -0.119. The molecule has 3 N–H and O–H groups in total. The van der Waals surface area contributed by atoms with E-state index in [-0.39, 0.29) is 17.9 Å². The van der Waals surface area contributed by atoms with Gasteiger partial charge in [0.05, 0.1) is 30.3 Å². The molecule has 0 radical (unpaired) electrons. The van der Waals surface area contributed by atoms with Crippen molar-refractivity contribution in [2.45, 2.75) is 25.4 Å². The van der Waals surface area contributed by atoms with Crippen molar-refractivity contribution in [3.05, 3.63) is 72.3 Å². The van der Waals surface area contributed by atoms with Crippen LogP contribution in [0.15, 0.2) is 61.1 Å². The molecule has 1 aromatic carbocycles. The number of carbonyl (C=O) groups excluding carboxylic acids is 2. The zero-order chi connectivity index (χ0) is 20.9. The van der Waals surface area contributed by atoms with Gasteiger partial charge in [0.2, 0.25) is 5.91 Å². The quantitative estimate of drug-likeness (QED) is 0.652. The molecule has 1 atom stereocenters. The molecule has 0 aliphatic carbocycles. The molecule has 1 aliphatic rings. The molecular weight excluding hydrogens is 380 g/mol. The predicted octanol–water partition coefficient (Wildman–Crippen LogP) is 2.04. The summed E-state index contributed by atoms with van der Waals surface area (Å²) in [6.45, 7) is 0.804. The van der Waals surface area contributed by atoms with E-state index in [2.05, 4.69) is 20.3 Å². The van der Waals surface area contributed by atoms with Gasteiger partial charge in [-0.05, 0) is 30.7 Å². The summed E-state index contributed by atoms with van der Waals surface area (Å²) in [7, 11) is 0. The first kappa shape index (κ1) is 19.5. The Kier molecular flexibility index (Phi) is 5.65. The summed E-state index contributed by atoms with van der Waals surface area (Å²) in [6, 6.07) is 12.7. The molecule has 3 aromatic rings. The van der Waals surface area contributed by atoms with Crippen molar-refractivity contribution in [1.29, 1.82) is 0 Å². The van der Waals surface area contributed by atoms with Gasteiger partial charge in [-0.15, -0.1) is 0 Å². The summed E-state index contributed by atoms with van der Waals surface area (Å²) in [4.78, 5) is 39.2. The summed E-state index contributed by atoms with van der Waals surface area (Å²) in [5, 5.41) is 2.93. The number of hydrogen-bond acceptors (Lipinski definition) is 6. The second-order valence-electron chi connectivity index (χ2n) is 7.22. The van der Waals surface area contributed by atoms with Crippen LogP contribution in [0.25, 0.3) is 11.3 Å². The van der Waals surface area contributed by atoms with Crippen LogP contribution in [0.4, 0.5) is 5.82 Å². The van der Waals surface area contributed by atoms with Crippen LogP contribution in [0.3, 0.4) is 0 Å². The van der Waals surface area contributed by atoms with E-state index in [0.29, 0.717) is 36.6 Å². The van der Waals surface area contributed by atoms with Crippen LogP contribution in [0.2, 0.25) is 0 Å². The minimum absolute atomic E-state index is 0.0258. The van der Waals surface area contributed by atoms with Gasteiger partial charge in [0, 0.05) is 36.3 Å². The lowest BCUT2D eigenvalue weighted by atomic mass is 10.1. The largest absolute Gasteiger partial charge is 0.382 e. The second-order valence-corrected chi connectivity index (χ2v) is 7.22. The molecule has 0 bridgehead atoms. The Morgan fingerprint density at radius 1 is 1.17 bits per heavy atom. The minimum Gasteiger partial charge on any atom is -0.382 e. The maximum absolute atomic E-state index is 13.3. The summed E-state index contributed by atoms with van der Waals surface area (Å²) in [5.74, 6) is 0.248. The highest BCUT2D eigenvalue weighted by Crippen LogP contribution is 2.19. The number of nitrogens with zero attached hydrogens (tertiary/aromatic N) is 4. The van der Waals surface area contributed by atoms with E-state index in [4.69, 9.17) is 5.73 Å². The van der Waals surface area contributed by atoms with Gasteiger partial charge in [-0.3, -0.25) is 19.6 Å². The standard InChI is InChI=1S/C22H22N6O2/c23-20-12-24-11-19(27-20)15-4-6-16(7-5-15)22(30)28(13-17-3-1-2-10-25-17)14-18-8-9-21(29)26-18/h1-7,10-12,18H,8-9,13-14H2,(H2,23,27)(H,26,29)/t18-/m0/s1. The molecule has 1 aliphatic heterocycles. The van der Waals surface area contributed by atoms with Gasteiger partial charge in [-0.25, -0.2) is 4.98 Å². The Labute approximate surface area is 174 Å². The highest BCUT2D eigenvalue weighted by atomic mass is 16.2. The van der Waals surface area contributed by atoms with E-state index in [9.17, 15) is 9.59 Å². The second kappa shape index (κ2) is 8.69. The van der Waals surface area contributed by atoms with Crippen LogP contribution in [-0.2, 0) is 11.3 Å². The summed E-state index contributed by atoms with van der Waals surface area (Å²) < 4.78 is 0. The number of nitrogens with two attached hydrogens (primary N) is 1. The third kappa shape index (κ3) is 4.60. The zero-order valence-corrected chi connectivity index (χ0v) is 16.4. The van der Waals surface area contributed by atoms with Crippen LogP contribution in [0.1, 0.15) is 28.9 Å². The normalized spacial score (nSPS) is 15.6. The number of nitrogen functional groups attached to an aromatic ring is 1. The van der Waals surface area contributed by atoms with Crippen molar-refractivity contribution >= 4 is 17.6 Å². The van der Waals surface area contributed by atoms with E-state index in [1.54, 1.807) is 29.4 Å². The fourth-order valence-electron chi connectivity index (χ4n) is 3.47.